The minimum absolute atomic E-state index is 0.102. The number of carbonyl (C=O) groups excluding carboxylic acids is 1. The highest BCUT2D eigenvalue weighted by atomic mass is 32.2. The first kappa shape index (κ1) is 24.6. The fourth-order valence-electron chi connectivity index (χ4n) is 3.62. The highest BCUT2D eigenvalue weighted by Gasteiger charge is 2.32. The van der Waals surface area contributed by atoms with Crippen LogP contribution in [0.5, 0.6) is 17.2 Å². The lowest BCUT2D eigenvalue weighted by atomic mass is 9.87. The SMILES string of the molecule is COc1cc(/C=C2/C(=N)N3C=C(C)SC3=NC2=O)ccc1OCCOc1ccc(C(C)(C)C)cc1. The third kappa shape index (κ3) is 5.59. The number of hydrogen-bond donors (Lipinski definition) is 1. The molecule has 0 bridgehead atoms. The van der Waals surface area contributed by atoms with Crippen molar-refractivity contribution in [1.29, 1.82) is 5.41 Å². The van der Waals surface area contributed by atoms with Gasteiger partial charge in [0.1, 0.15) is 24.8 Å². The average Bonchev–Trinajstić information content (AvgIpc) is 3.19. The second kappa shape index (κ2) is 10.00. The maximum atomic E-state index is 12.5. The van der Waals surface area contributed by atoms with Gasteiger partial charge in [0.05, 0.1) is 12.7 Å². The van der Waals surface area contributed by atoms with Gasteiger partial charge in [-0.25, -0.2) is 0 Å². The smallest absolute Gasteiger partial charge is 0.283 e. The lowest BCUT2D eigenvalue weighted by molar-refractivity contribution is -0.114. The molecule has 0 unspecified atom stereocenters. The molecule has 4 rings (SSSR count). The van der Waals surface area contributed by atoms with Crippen LogP contribution in [0.25, 0.3) is 6.08 Å². The molecule has 2 aromatic rings. The molecule has 2 aromatic carbocycles. The van der Waals surface area contributed by atoms with Gasteiger partial charge in [0.25, 0.3) is 5.91 Å². The number of methoxy groups -OCH3 is 1. The topological polar surface area (TPSA) is 84.2 Å². The normalized spacial score (nSPS) is 16.7. The molecule has 0 radical (unpaired) electrons. The summed E-state index contributed by atoms with van der Waals surface area (Å²) in [6, 6.07) is 13.5. The lowest BCUT2D eigenvalue weighted by Gasteiger charge is -2.22. The number of rotatable bonds is 7. The van der Waals surface area contributed by atoms with Crippen LogP contribution in [0.15, 0.2) is 64.1 Å². The van der Waals surface area contributed by atoms with Crippen LogP contribution in [0.2, 0.25) is 0 Å². The fraction of sp³-hybridized carbons (Fsp3) is 0.296. The average molecular weight is 492 g/mol. The van der Waals surface area contributed by atoms with Crippen molar-refractivity contribution in [2.45, 2.75) is 33.1 Å². The maximum absolute atomic E-state index is 12.5. The molecule has 0 saturated carbocycles. The number of benzene rings is 2. The van der Waals surface area contributed by atoms with E-state index >= 15 is 0 Å². The van der Waals surface area contributed by atoms with E-state index in [0.717, 1.165) is 10.7 Å². The summed E-state index contributed by atoms with van der Waals surface area (Å²) in [5.41, 5.74) is 2.29. The Morgan fingerprint density at radius 2 is 1.77 bits per heavy atom. The molecule has 0 fully saturated rings. The van der Waals surface area contributed by atoms with Gasteiger partial charge < -0.3 is 14.2 Å². The largest absolute Gasteiger partial charge is 0.493 e. The molecule has 0 saturated heterocycles. The zero-order valence-corrected chi connectivity index (χ0v) is 21.4. The molecule has 1 amide bonds. The van der Waals surface area contributed by atoms with Crippen LogP contribution < -0.4 is 14.2 Å². The first-order valence-corrected chi connectivity index (χ1v) is 12.1. The van der Waals surface area contributed by atoms with Gasteiger partial charge in [-0.05, 0) is 53.8 Å². The number of nitrogens with zero attached hydrogens (tertiary/aromatic N) is 2. The summed E-state index contributed by atoms with van der Waals surface area (Å²) in [4.78, 5) is 19.2. The molecule has 1 N–H and O–H groups in total. The molecule has 0 atom stereocenters. The summed E-state index contributed by atoms with van der Waals surface area (Å²) in [5.74, 6) is 1.57. The zero-order valence-electron chi connectivity index (χ0n) is 20.5. The summed E-state index contributed by atoms with van der Waals surface area (Å²) >= 11 is 1.38. The third-order valence-corrected chi connectivity index (χ3v) is 6.42. The number of amidine groups is 2. The van der Waals surface area contributed by atoms with Crippen molar-refractivity contribution >= 4 is 34.7 Å². The van der Waals surface area contributed by atoms with Gasteiger partial charge in [-0.2, -0.15) is 4.99 Å². The standard InChI is InChI=1S/C27H29N3O4S/c1-17-16-30-24(28)21(25(31)29-26(30)35-17)14-18-6-11-22(23(15-18)32-5)34-13-12-33-20-9-7-19(8-10-20)27(2,3)4/h6-11,14-16,28H,12-13H2,1-5H3/b21-14-,28-24?. The second-order valence-corrected chi connectivity index (χ2v) is 10.4. The summed E-state index contributed by atoms with van der Waals surface area (Å²) in [6.45, 7) is 9.18. The second-order valence-electron chi connectivity index (χ2n) is 9.20. The predicted molar refractivity (Wildman–Crippen MR) is 140 cm³/mol. The van der Waals surface area contributed by atoms with Gasteiger partial charge >= 0.3 is 0 Å². The van der Waals surface area contributed by atoms with E-state index in [-0.39, 0.29) is 16.8 Å². The Balaban J connectivity index is 1.39. The first-order valence-electron chi connectivity index (χ1n) is 11.3. The van der Waals surface area contributed by atoms with E-state index in [1.54, 1.807) is 30.2 Å². The predicted octanol–water partition coefficient (Wildman–Crippen LogP) is 5.62. The molecular formula is C27H29N3O4S. The molecule has 0 spiro atoms. The molecule has 2 aliphatic heterocycles. The first-order chi connectivity index (χ1) is 16.7. The van der Waals surface area contributed by atoms with Crippen LogP contribution in [-0.2, 0) is 10.2 Å². The van der Waals surface area contributed by atoms with Crippen molar-refractivity contribution in [3.05, 3.63) is 70.3 Å². The van der Waals surface area contributed by atoms with Crippen molar-refractivity contribution in [3.63, 3.8) is 0 Å². The summed E-state index contributed by atoms with van der Waals surface area (Å²) in [7, 11) is 1.56. The number of hydrogen-bond acceptors (Lipinski definition) is 6. The Labute approximate surface area is 210 Å². The Hall–Kier alpha value is -3.52. The van der Waals surface area contributed by atoms with Gasteiger partial charge in [-0.3, -0.25) is 15.1 Å². The third-order valence-electron chi connectivity index (χ3n) is 5.52. The van der Waals surface area contributed by atoms with Gasteiger partial charge in [0.2, 0.25) is 0 Å². The monoisotopic (exact) mass is 491 g/mol. The van der Waals surface area contributed by atoms with Crippen LogP contribution in [-0.4, -0.2) is 42.1 Å². The number of aliphatic imine (C=N–C) groups is 1. The van der Waals surface area contributed by atoms with Crippen LogP contribution in [0.4, 0.5) is 0 Å². The number of allylic oxidation sites excluding steroid dienone is 1. The van der Waals surface area contributed by atoms with Crippen molar-refractivity contribution in [3.8, 4) is 17.2 Å². The van der Waals surface area contributed by atoms with Gasteiger partial charge in [0, 0.05) is 11.1 Å². The number of nitrogens with one attached hydrogen (secondary N) is 1. The summed E-state index contributed by atoms with van der Waals surface area (Å²) in [6.07, 6.45) is 3.46. The van der Waals surface area contributed by atoms with E-state index in [0.29, 0.717) is 35.4 Å². The van der Waals surface area contributed by atoms with E-state index in [9.17, 15) is 4.79 Å². The molecule has 35 heavy (non-hydrogen) atoms. The van der Waals surface area contributed by atoms with E-state index in [1.807, 2.05) is 31.3 Å². The molecule has 0 aromatic heterocycles. The van der Waals surface area contributed by atoms with Crippen molar-refractivity contribution in [2.75, 3.05) is 20.3 Å². The molecule has 0 aliphatic carbocycles. The van der Waals surface area contributed by atoms with Crippen molar-refractivity contribution in [1.82, 2.24) is 4.90 Å². The van der Waals surface area contributed by atoms with Crippen LogP contribution in [0, 0.1) is 5.41 Å². The van der Waals surface area contributed by atoms with Crippen molar-refractivity contribution < 1.29 is 19.0 Å². The van der Waals surface area contributed by atoms with Gasteiger partial charge in [-0.15, -0.1) is 0 Å². The van der Waals surface area contributed by atoms with Crippen LogP contribution >= 0.6 is 11.8 Å². The molecule has 2 heterocycles. The number of carbonyl (C=O) groups is 1. The molecule has 182 valence electrons. The number of ether oxygens (including phenoxy) is 3. The Kier molecular flexibility index (Phi) is 7.03. The van der Waals surface area contributed by atoms with Gasteiger partial charge in [-0.1, -0.05) is 50.7 Å². The van der Waals surface area contributed by atoms with E-state index in [2.05, 4.69) is 37.9 Å². The van der Waals surface area contributed by atoms with E-state index in [1.165, 1.54) is 17.3 Å². The fourth-order valence-corrected chi connectivity index (χ4v) is 4.44. The minimum Gasteiger partial charge on any atom is -0.493 e. The Morgan fingerprint density at radius 3 is 2.46 bits per heavy atom. The highest BCUT2D eigenvalue weighted by Crippen LogP contribution is 2.34. The summed E-state index contributed by atoms with van der Waals surface area (Å²) < 4.78 is 17.2. The maximum Gasteiger partial charge on any atom is 0.283 e. The van der Waals surface area contributed by atoms with Gasteiger partial charge in [0.15, 0.2) is 16.7 Å². The molecule has 2 aliphatic rings. The number of fused-ring (bicyclic) bond motifs is 1. The van der Waals surface area contributed by atoms with E-state index in [4.69, 9.17) is 19.6 Å². The lowest BCUT2D eigenvalue weighted by Crippen LogP contribution is -2.35. The molecule has 7 nitrogen and oxygen atoms in total. The van der Waals surface area contributed by atoms with Crippen molar-refractivity contribution in [2.24, 2.45) is 4.99 Å². The van der Waals surface area contributed by atoms with E-state index < -0.39 is 5.91 Å². The molecule has 8 heteroatoms. The summed E-state index contributed by atoms with van der Waals surface area (Å²) in [5, 5.41) is 8.95. The highest BCUT2D eigenvalue weighted by molar-refractivity contribution is 8.17. The Morgan fingerprint density at radius 1 is 1.06 bits per heavy atom. The Bertz CT molecular complexity index is 1240. The van der Waals surface area contributed by atoms with Crippen LogP contribution in [0.3, 0.4) is 0 Å². The number of amides is 1. The zero-order chi connectivity index (χ0) is 25.2. The van der Waals surface area contributed by atoms with Crippen LogP contribution in [0.1, 0.15) is 38.8 Å². The minimum atomic E-state index is -0.427. The molecular weight excluding hydrogens is 462 g/mol. The quantitative estimate of drug-likeness (QED) is 0.400. The number of thioether (sulfide) groups is 1.